The SMILES string of the molecule is COc1cccc(-c2csc(/C(C#N)=C/Nc3cc(C)cc(C)c3)n2)c1. The molecule has 0 fully saturated rings. The van der Waals surface area contributed by atoms with Crippen molar-refractivity contribution >= 4 is 22.6 Å². The topological polar surface area (TPSA) is 57.9 Å². The first-order chi connectivity index (χ1) is 12.6. The average Bonchev–Trinajstić information content (AvgIpc) is 3.11. The molecule has 1 aromatic heterocycles. The predicted octanol–water partition coefficient (Wildman–Crippen LogP) is 5.41. The molecular formula is C21H19N3OS. The maximum absolute atomic E-state index is 9.52. The second-order valence-electron chi connectivity index (χ2n) is 5.96. The second-order valence-corrected chi connectivity index (χ2v) is 6.82. The van der Waals surface area contributed by atoms with Crippen LogP contribution in [0.4, 0.5) is 5.69 Å². The zero-order valence-corrected chi connectivity index (χ0v) is 15.7. The molecular weight excluding hydrogens is 342 g/mol. The Morgan fingerprint density at radius 1 is 1.19 bits per heavy atom. The molecule has 0 aliphatic carbocycles. The molecule has 1 N–H and O–H groups in total. The molecule has 0 unspecified atom stereocenters. The van der Waals surface area contributed by atoms with Crippen molar-refractivity contribution in [3.05, 3.63) is 70.2 Å². The number of nitrogens with zero attached hydrogens (tertiary/aromatic N) is 2. The van der Waals surface area contributed by atoms with Crippen molar-refractivity contribution in [2.45, 2.75) is 13.8 Å². The third-order valence-electron chi connectivity index (χ3n) is 3.83. The molecule has 0 amide bonds. The van der Waals surface area contributed by atoms with Gasteiger partial charge >= 0.3 is 0 Å². The van der Waals surface area contributed by atoms with Crippen LogP contribution in [0.2, 0.25) is 0 Å². The van der Waals surface area contributed by atoms with Crippen LogP contribution in [0, 0.1) is 25.2 Å². The Morgan fingerprint density at radius 3 is 2.65 bits per heavy atom. The zero-order valence-electron chi connectivity index (χ0n) is 14.9. The standard InChI is InChI=1S/C21H19N3OS/c1-14-7-15(2)9-18(8-14)23-12-17(11-22)21-24-20(13-26-21)16-5-4-6-19(10-16)25-3/h4-10,12-13,23H,1-3H3/b17-12+. The van der Waals surface area contributed by atoms with E-state index in [9.17, 15) is 5.26 Å². The van der Waals surface area contributed by atoms with E-state index in [1.807, 2.05) is 55.6 Å². The van der Waals surface area contributed by atoms with Crippen LogP contribution >= 0.6 is 11.3 Å². The van der Waals surface area contributed by atoms with Crippen LogP contribution in [0.1, 0.15) is 16.1 Å². The Balaban J connectivity index is 1.84. The first-order valence-electron chi connectivity index (χ1n) is 8.14. The number of benzene rings is 2. The molecule has 130 valence electrons. The molecule has 5 heteroatoms. The molecule has 2 aromatic carbocycles. The van der Waals surface area contributed by atoms with Crippen molar-refractivity contribution in [1.82, 2.24) is 4.98 Å². The van der Waals surface area contributed by atoms with Crippen LogP contribution in [0.15, 0.2) is 54.0 Å². The number of rotatable bonds is 5. The summed E-state index contributed by atoms with van der Waals surface area (Å²) in [6, 6.07) is 16.2. The first kappa shape index (κ1) is 17.7. The average molecular weight is 361 g/mol. The normalized spacial score (nSPS) is 11.1. The van der Waals surface area contributed by atoms with Crippen molar-refractivity contribution in [3.8, 4) is 23.1 Å². The smallest absolute Gasteiger partial charge is 0.136 e. The maximum atomic E-state index is 9.52. The Morgan fingerprint density at radius 2 is 1.96 bits per heavy atom. The van der Waals surface area contributed by atoms with Gasteiger partial charge in [-0.3, -0.25) is 0 Å². The van der Waals surface area contributed by atoms with Crippen molar-refractivity contribution in [1.29, 1.82) is 5.26 Å². The van der Waals surface area contributed by atoms with E-state index in [2.05, 4.69) is 22.4 Å². The first-order valence-corrected chi connectivity index (χ1v) is 9.02. The zero-order chi connectivity index (χ0) is 18.5. The largest absolute Gasteiger partial charge is 0.497 e. The van der Waals surface area contributed by atoms with Gasteiger partial charge in [-0.1, -0.05) is 18.2 Å². The minimum atomic E-state index is 0.503. The summed E-state index contributed by atoms with van der Waals surface area (Å²) in [4.78, 5) is 4.61. The highest BCUT2D eigenvalue weighted by Gasteiger charge is 2.09. The lowest BCUT2D eigenvalue weighted by Gasteiger charge is -2.05. The fourth-order valence-corrected chi connectivity index (χ4v) is 3.46. The monoisotopic (exact) mass is 361 g/mol. The molecule has 4 nitrogen and oxygen atoms in total. The highest BCUT2D eigenvalue weighted by atomic mass is 32.1. The van der Waals surface area contributed by atoms with Crippen molar-refractivity contribution in [2.75, 3.05) is 12.4 Å². The van der Waals surface area contributed by atoms with E-state index in [1.165, 1.54) is 22.5 Å². The van der Waals surface area contributed by atoms with Crippen LogP contribution in [-0.4, -0.2) is 12.1 Å². The molecule has 3 aromatic rings. The Kier molecular flexibility index (Phi) is 5.35. The Bertz CT molecular complexity index is 978. The summed E-state index contributed by atoms with van der Waals surface area (Å²) in [7, 11) is 1.64. The third-order valence-corrected chi connectivity index (χ3v) is 4.70. The Labute approximate surface area is 157 Å². The summed E-state index contributed by atoms with van der Waals surface area (Å²) in [5.74, 6) is 0.782. The number of ether oxygens (including phenoxy) is 1. The van der Waals surface area contributed by atoms with Crippen LogP contribution in [0.3, 0.4) is 0 Å². The van der Waals surface area contributed by atoms with Crippen molar-refractivity contribution < 1.29 is 4.74 Å². The number of nitriles is 1. The van der Waals surface area contributed by atoms with Crippen LogP contribution < -0.4 is 10.1 Å². The van der Waals surface area contributed by atoms with E-state index in [-0.39, 0.29) is 0 Å². The number of hydrogen-bond donors (Lipinski definition) is 1. The number of aromatic nitrogens is 1. The van der Waals surface area contributed by atoms with Gasteiger partial charge in [-0.05, 0) is 49.2 Å². The minimum absolute atomic E-state index is 0.503. The lowest BCUT2D eigenvalue weighted by molar-refractivity contribution is 0.415. The number of nitrogens with one attached hydrogen (secondary N) is 1. The number of anilines is 1. The molecule has 26 heavy (non-hydrogen) atoms. The van der Waals surface area contributed by atoms with Gasteiger partial charge in [0.25, 0.3) is 0 Å². The summed E-state index contributed by atoms with van der Waals surface area (Å²) < 4.78 is 5.26. The predicted molar refractivity (Wildman–Crippen MR) is 107 cm³/mol. The number of hydrogen-bond acceptors (Lipinski definition) is 5. The lowest BCUT2D eigenvalue weighted by Crippen LogP contribution is -1.92. The molecule has 3 rings (SSSR count). The summed E-state index contributed by atoms with van der Waals surface area (Å²) >= 11 is 1.45. The second kappa shape index (κ2) is 7.85. The quantitative estimate of drug-likeness (QED) is 0.617. The number of thiazole rings is 1. The molecule has 1 heterocycles. The maximum Gasteiger partial charge on any atom is 0.136 e. The number of allylic oxidation sites excluding steroid dienone is 1. The molecule has 0 saturated heterocycles. The van der Waals surface area contributed by atoms with Crippen LogP contribution in [-0.2, 0) is 0 Å². The van der Waals surface area contributed by atoms with Gasteiger partial charge in [0.15, 0.2) is 0 Å². The van der Waals surface area contributed by atoms with E-state index in [0.717, 1.165) is 22.7 Å². The fourth-order valence-electron chi connectivity index (χ4n) is 2.67. The highest BCUT2D eigenvalue weighted by molar-refractivity contribution is 7.11. The summed E-state index contributed by atoms with van der Waals surface area (Å²) in [5, 5.41) is 15.4. The van der Waals surface area contributed by atoms with E-state index >= 15 is 0 Å². The van der Waals surface area contributed by atoms with Crippen LogP contribution in [0.5, 0.6) is 5.75 Å². The van der Waals surface area contributed by atoms with Gasteiger partial charge in [0, 0.05) is 22.8 Å². The molecule has 0 bridgehead atoms. The Hall–Kier alpha value is -3.10. The van der Waals surface area contributed by atoms with E-state index in [4.69, 9.17) is 4.74 Å². The fraction of sp³-hybridized carbons (Fsp3) is 0.143. The van der Waals surface area contributed by atoms with Gasteiger partial charge in [0.2, 0.25) is 0 Å². The van der Waals surface area contributed by atoms with E-state index < -0.39 is 0 Å². The molecule has 0 radical (unpaired) electrons. The van der Waals surface area contributed by atoms with Crippen molar-refractivity contribution in [3.63, 3.8) is 0 Å². The highest BCUT2D eigenvalue weighted by Crippen LogP contribution is 2.28. The molecule has 0 aliphatic rings. The van der Waals surface area contributed by atoms with Gasteiger partial charge in [0.1, 0.15) is 22.4 Å². The minimum Gasteiger partial charge on any atom is -0.497 e. The number of methoxy groups -OCH3 is 1. The van der Waals surface area contributed by atoms with Crippen molar-refractivity contribution in [2.24, 2.45) is 0 Å². The molecule has 0 aliphatic heterocycles. The summed E-state index contributed by atoms with van der Waals surface area (Å²) in [5.41, 5.74) is 5.61. The van der Waals surface area contributed by atoms with Gasteiger partial charge in [-0.25, -0.2) is 4.98 Å². The molecule has 0 atom stereocenters. The van der Waals surface area contributed by atoms with Gasteiger partial charge in [-0.2, -0.15) is 5.26 Å². The third kappa shape index (κ3) is 4.11. The van der Waals surface area contributed by atoms with Gasteiger partial charge in [-0.15, -0.1) is 11.3 Å². The summed E-state index contributed by atoms with van der Waals surface area (Å²) in [6.07, 6.45) is 1.71. The lowest BCUT2D eigenvalue weighted by atomic mass is 10.1. The van der Waals surface area contributed by atoms with Gasteiger partial charge < -0.3 is 10.1 Å². The number of aryl methyl sites for hydroxylation is 2. The van der Waals surface area contributed by atoms with Crippen LogP contribution in [0.25, 0.3) is 16.8 Å². The molecule has 0 saturated carbocycles. The summed E-state index contributed by atoms with van der Waals surface area (Å²) in [6.45, 7) is 4.10. The van der Waals surface area contributed by atoms with E-state index in [0.29, 0.717) is 10.6 Å². The van der Waals surface area contributed by atoms with Gasteiger partial charge in [0.05, 0.1) is 12.8 Å². The molecule has 0 spiro atoms. The van der Waals surface area contributed by atoms with E-state index in [1.54, 1.807) is 13.3 Å².